The summed E-state index contributed by atoms with van der Waals surface area (Å²) in [4.78, 5) is 25.5. The van der Waals surface area contributed by atoms with Crippen LogP contribution in [0, 0.1) is 5.82 Å². The highest BCUT2D eigenvalue weighted by atomic mass is 35.5. The molecule has 1 heterocycles. The number of ketones is 1. The lowest BCUT2D eigenvalue weighted by atomic mass is 10.0. The van der Waals surface area contributed by atoms with Crippen LogP contribution in [0.5, 0.6) is 5.75 Å². The van der Waals surface area contributed by atoms with Crippen molar-refractivity contribution in [1.29, 1.82) is 0 Å². The van der Waals surface area contributed by atoms with Crippen molar-refractivity contribution in [2.45, 2.75) is 12.5 Å². The van der Waals surface area contributed by atoms with Gasteiger partial charge in [-0.2, -0.15) is 0 Å². The molecule has 0 saturated heterocycles. The first-order valence-electron chi connectivity index (χ1n) is 8.54. The Bertz CT molecular complexity index is 945. The van der Waals surface area contributed by atoms with Crippen molar-refractivity contribution in [3.8, 4) is 5.75 Å². The summed E-state index contributed by atoms with van der Waals surface area (Å²) in [5, 5.41) is 4.62. The number of Topliss-reactive ketones (excluding diaryl/α,β-unsaturated/α-hetero) is 1. The summed E-state index contributed by atoms with van der Waals surface area (Å²) in [6, 6.07) is 15.6. The van der Waals surface area contributed by atoms with Crippen molar-refractivity contribution < 1.29 is 18.7 Å². The normalized spacial score (nSPS) is 11.6. The molecule has 0 aliphatic carbocycles. The number of hydrogen-bond acceptors (Lipinski definition) is 4. The molecule has 0 spiro atoms. The minimum absolute atomic E-state index is 0.216. The number of thiophene rings is 1. The van der Waals surface area contributed by atoms with Crippen LogP contribution in [0.4, 0.5) is 10.1 Å². The van der Waals surface area contributed by atoms with E-state index in [4.69, 9.17) is 16.3 Å². The molecule has 0 aliphatic heterocycles. The Morgan fingerprint density at radius 1 is 1.11 bits per heavy atom. The van der Waals surface area contributed by atoms with Gasteiger partial charge < -0.3 is 10.1 Å². The van der Waals surface area contributed by atoms with Crippen LogP contribution >= 0.6 is 22.9 Å². The van der Waals surface area contributed by atoms with Gasteiger partial charge in [-0.25, -0.2) is 4.39 Å². The predicted molar refractivity (Wildman–Crippen MR) is 109 cm³/mol. The topological polar surface area (TPSA) is 55.4 Å². The van der Waals surface area contributed by atoms with Crippen LogP contribution in [-0.2, 0) is 0 Å². The molecule has 0 bridgehead atoms. The van der Waals surface area contributed by atoms with E-state index in [1.165, 1.54) is 35.6 Å². The zero-order valence-electron chi connectivity index (χ0n) is 14.7. The fourth-order valence-electron chi connectivity index (χ4n) is 2.55. The number of halogens is 2. The number of amides is 1. The standard InChI is InChI=1S/C21H17ClFNO3S/c22-11-10-18(20(25)14-6-8-15(23)9-7-14)27-17-4-1-3-16(13-17)24-21(26)19-5-2-12-28-19/h1-9,12-13,18H,10-11H2,(H,24,26). The van der Waals surface area contributed by atoms with Crippen LogP contribution in [0.15, 0.2) is 66.0 Å². The highest BCUT2D eigenvalue weighted by molar-refractivity contribution is 7.12. The Balaban J connectivity index is 1.73. The van der Waals surface area contributed by atoms with Crippen molar-refractivity contribution in [3.63, 3.8) is 0 Å². The van der Waals surface area contributed by atoms with Crippen LogP contribution in [0.25, 0.3) is 0 Å². The van der Waals surface area contributed by atoms with Crippen LogP contribution in [0.2, 0.25) is 0 Å². The van der Waals surface area contributed by atoms with Crippen LogP contribution < -0.4 is 10.1 Å². The Hall–Kier alpha value is -2.70. The van der Waals surface area contributed by atoms with E-state index in [0.29, 0.717) is 28.3 Å². The minimum Gasteiger partial charge on any atom is -0.482 e. The quantitative estimate of drug-likeness (QED) is 0.394. The summed E-state index contributed by atoms with van der Waals surface area (Å²) >= 11 is 7.17. The summed E-state index contributed by atoms with van der Waals surface area (Å²) in [6.45, 7) is 0. The molecule has 7 heteroatoms. The molecule has 0 fully saturated rings. The molecule has 28 heavy (non-hydrogen) atoms. The van der Waals surface area contributed by atoms with E-state index in [1.54, 1.807) is 36.4 Å². The Morgan fingerprint density at radius 2 is 1.89 bits per heavy atom. The van der Waals surface area contributed by atoms with Crippen LogP contribution in [0.3, 0.4) is 0 Å². The lowest BCUT2D eigenvalue weighted by Gasteiger charge is -2.18. The molecular weight excluding hydrogens is 401 g/mol. The number of hydrogen-bond donors (Lipinski definition) is 1. The molecule has 144 valence electrons. The maximum Gasteiger partial charge on any atom is 0.265 e. The zero-order valence-corrected chi connectivity index (χ0v) is 16.3. The van der Waals surface area contributed by atoms with Crippen molar-refractivity contribution in [1.82, 2.24) is 0 Å². The van der Waals surface area contributed by atoms with Gasteiger partial charge in [0.05, 0.1) is 4.88 Å². The molecule has 1 unspecified atom stereocenters. The SMILES string of the molecule is O=C(Nc1cccc(OC(CCCl)C(=O)c2ccc(F)cc2)c1)c1cccs1. The third-order valence-electron chi connectivity index (χ3n) is 3.91. The summed E-state index contributed by atoms with van der Waals surface area (Å²) < 4.78 is 18.9. The van der Waals surface area contributed by atoms with Crippen molar-refractivity contribution in [2.24, 2.45) is 0 Å². The van der Waals surface area contributed by atoms with Gasteiger partial charge in [-0.15, -0.1) is 22.9 Å². The summed E-state index contributed by atoms with van der Waals surface area (Å²) in [5.41, 5.74) is 0.897. The number of alkyl halides is 1. The number of anilines is 1. The summed E-state index contributed by atoms with van der Waals surface area (Å²) in [5.74, 6) is -0.262. The number of carbonyl (C=O) groups excluding carboxylic acids is 2. The predicted octanol–water partition coefficient (Wildman–Crippen LogP) is 5.40. The van der Waals surface area contributed by atoms with Gasteiger partial charge in [0.2, 0.25) is 5.78 Å². The molecule has 0 saturated carbocycles. The molecular formula is C21H17ClFNO3S. The number of rotatable bonds is 8. The highest BCUT2D eigenvalue weighted by Gasteiger charge is 2.22. The summed E-state index contributed by atoms with van der Waals surface area (Å²) in [6.07, 6.45) is -0.519. The molecule has 3 rings (SSSR count). The van der Waals surface area contributed by atoms with Gasteiger partial charge in [0, 0.05) is 29.6 Å². The third-order valence-corrected chi connectivity index (χ3v) is 4.99. The summed E-state index contributed by atoms with van der Waals surface area (Å²) in [7, 11) is 0. The van der Waals surface area contributed by atoms with E-state index in [0.717, 1.165) is 0 Å². The average Bonchev–Trinajstić information content (AvgIpc) is 3.23. The van der Waals surface area contributed by atoms with Gasteiger partial charge >= 0.3 is 0 Å². The fraction of sp³-hybridized carbons (Fsp3) is 0.143. The lowest BCUT2D eigenvalue weighted by Crippen LogP contribution is -2.28. The second-order valence-corrected chi connectivity index (χ2v) is 7.24. The number of carbonyl (C=O) groups is 2. The van der Waals surface area contributed by atoms with E-state index >= 15 is 0 Å². The Kier molecular flexibility index (Phi) is 6.79. The minimum atomic E-state index is -0.814. The average molecular weight is 418 g/mol. The maximum atomic E-state index is 13.1. The van der Waals surface area contributed by atoms with Gasteiger partial charge in [-0.1, -0.05) is 12.1 Å². The number of ether oxygens (including phenoxy) is 1. The first-order valence-corrected chi connectivity index (χ1v) is 9.95. The van der Waals surface area contributed by atoms with E-state index in [1.807, 2.05) is 5.38 Å². The number of benzene rings is 2. The fourth-order valence-corrected chi connectivity index (χ4v) is 3.37. The lowest BCUT2D eigenvalue weighted by molar-refractivity contribution is 0.0787. The molecule has 1 amide bonds. The smallest absolute Gasteiger partial charge is 0.265 e. The number of nitrogens with one attached hydrogen (secondary N) is 1. The van der Waals surface area contributed by atoms with Gasteiger partial charge in [-0.3, -0.25) is 9.59 Å². The van der Waals surface area contributed by atoms with Gasteiger partial charge in [0.15, 0.2) is 6.10 Å². The van der Waals surface area contributed by atoms with E-state index < -0.39 is 11.9 Å². The second-order valence-electron chi connectivity index (χ2n) is 5.91. The second kappa shape index (κ2) is 9.48. The third kappa shape index (κ3) is 5.18. The first kappa shape index (κ1) is 20.0. The first-order chi connectivity index (χ1) is 13.6. The Labute approximate surface area is 170 Å². The largest absolute Gasteiger partial charge is 0.482 e. The molecule has 1 N–H and O–H groups in total. The molecule has 4 nitrogen and oxygen atoms in total. The van der Waals surface area contributed by atoms with Crippen molar-refractivity contribution in [3.05, 3.63) is 82.3 Å². The van der Waals surface area contributed by atoms with E-state index in [2.05, 4.69) is 5.32 Å². The Morgan fingerprint density at radius 3 is 2.57 bits per heavy atom. The van der Waals surface area contributed by atoms with E-state index in [9.17, 15) is 14.0 Å². The molecule has 1 atom stereocenters. The monoisotopic (exact) mass is 417 g/mol. The van der Waals surface area contributed by atoms with Crippen molar-refractivity contribution >= 4 is 40.3 Å². The van der Waals surface area contributed by atoms with Crippen LogP contribution in [0.1, 0.15) is 26.5 Å². The van der Waals surface area contributed by atoms with Gasteiger partial charge in [0.25, 0.3) is 5.91 Å². The molecule has 0 aliphatic rings. The van der Waals surface area contributed by atoms with E-state index in [-0.39, 0.29) is 17.6 Å². The van der Waals surface area contributed by atoms with Crippen molar-refractivity contribution in [2.75, 3.05) is 11.2 Å². The molecule has 1 aromatic heterocycles. The van der Waals surface area contributed by atoms with Gasteiger partial charge in [-0.05, 0) is 47.8 Å². The zero-order chi connectivity index (χ0) is 19.9. The van der Waals surface area contributed by atoms with Crippen LogP contribution in [-0.4, -0.2) is 23.7 Å². The van der Waals surface area contributed by atoms with Gasteiger partial charge in [0.1, 0.15) is 11.6 Å². The highest BCUT2D eigenvalue weighted by Crippen LogP contribution is 2.22. The molecule has 0 radical (unpaired) electrons. The molecule has 2 aromatic carbocycles. The maximum absolute atomic E-state index is 13.1. The molecule has 3 aromatic rings.